The molecule has 0 spiro atoms. The molecule has 5 heteroatoms. The van der Waals surface area contributed by atoms with Crippen LogP contribution in [0.15, 0.2) is 30.3 Å². The van der Waals surface area contributed by atoms with Gasteiger partial charge in [0.05, 0.1) is 5.92 Å². The molecule has 5 nitrogen and oxygen atoms in total. The first kappa shape index (κ1) is 17.5. The molecule has 2 saturated heterocycles. The number of benzene rings is 1. The lowest BCUT2D eigenvalue weighted by Crippen LogP contribution is -2.51. The van der Waals surface area contributed by atoms with Crippen LogP contribution in [0.1, 0.15) is 48.9 Å². The van der Waals surface area contributed by atoms with Gasteiger partial charge in [0.1, 0.15) is 0 Å². The highest BCUT2D eigenvalue weighted by molar-refractivity contribution is 5.94. The van der Waals surface area contributed by atoms with Crippen molar-refractivity contribution in [1.82, 2.24) is 15.1 Å². The smallest absolute Gasteiger partial charge is 0.253 e. The minimum atomic E-state index is 0.143. The molecule has 1 saturated carbocycles. The maximum absolute atomic E-state index is 12.6. The van der Waals surface area contributed by atoms with Crippen molar-refractivity contribution < 1.29 is 9.59 Å². The molecule has 3 aliphatic rings. The van der Waals surface area contributed by atoms with Gasteiger partial charge < -0.3 is 10.2 Å². The Bertz CT molecular complexity index is 636. The molecule has 26 heavy (non-hydrogen) atoms. The second-order valence-electron chi connectivity index (χ2n) is 8.01. The summed E-state index contributed by atoms with van der Waals surface area (Å²) in [6.45, 7) is 3.60. The summed E-state index contributed by atoms with van der Waals surface area (Å²) >= 11 is 0. The van der Waals surface area contributed by atoms with Crippen LogP contribution in [0.25, 0.3) is 0 Å². The SMILES string of the molecule is O=C(NC1CC1)[C@H]1CCCN(C2CCN(C(=O)c3ccccc3)CC2)C1. The fraction of sp³-hybridized carbons (Fsp3) is 0.619. The van der Waals surface area contributed by atoms with Gasteiger partial charge in [-0.25, -0.2) is 0 Å². The summed E-state index contributed by atoms with van der Waals surface area (Å²) in [6, 6.07) is 10.5. The third kappa shape index (κ3) is 4.09. The van der Waals surface area contributed by atoms with E-state index < -0.39 is 0 Å². The number of carbonyl (C=O) groups is 2. The average Bonchev–Trinajstić information content (AvgIpc) is 3.52. The Kier molecular flexibility index (Phi) is 5.25. The summed E-state index contributed by atoms with van der Waals surface area (Å²) in [5, 5.41) is 3.17. The molecular formula is C21H29N3O2. The fourth-order valence-corrected chi connectivity index (χ4v) is 4.30. The fourth-order valence-electron chi connectivity index (χ4n) is 4.30. The van der Waals surface area contributed by atoms with Gasteiger partial charge in [-0.3, -0.25) is 14.5 Å². The highest BCUT2D eigenvalue weighted by Gasteiger charge is 2.34. The van der Waals surface area contributed by atoms with Gasteiger partial charge >= 0.3 is 0 Å². The van der Waals surface area contributed by atoms with Crippen LogP contribution in [0, 0.1) is 5.92 Å². The lowest BCUT2D eigenvalue weighted by Gasteiger charge is -2.42. The van der Waals surface area contributed by atoms with Crippen LogP contribution in [-0.4, -0.2) is 59.9 Å². The number of rotatable bonds is 4. The van der Waals surface area contributed by atoms with Crippen molar-refractivity contribution >= 4 is 11.8 Å². The molecule has 0 unspecified atom stereocenters. The third-order valence-electron chi connectivity index (χ3n) is 6.04. The van der Waals surface area contributed by atoms with Crippen LogP contribution >= 0.6 is 0 Å². The molecular weight excluding hydrogens is 326 g/mol. The van der Waals surface area contributed by atoms with E-state index in [2.05, 4.69) is 10.2 Å². The topological polar surface area (TPSA) is 52.7 Å². The van der Waals surface area contributed by atoms with E-state index >= 15 is 0 Å². The van der Waals surface area contributed by atoms with Crippen molar-refractivity contribution in [3.05, 3.63) is 35.9 Å². The predicted molar refractivity (Wildman–Crippen MR) is 101 cm³/mol. The Balaban J connectivity index is 1.28. The molecule has 1 aromatic rings. The molecule has 0 aromatic heterocycles. The van der Waals surface area contributed by atoms with Gasteiger partial charge in [0.25, 0.3) is 5.91 Å². The minimum absolute atomic E-state index is 0.143. The highest BCUT2D eigenvalue weighted by atomic mass is 16.2. The van der Waals surface area contributed by atoms with Crippen molar-refractivity contribution in [3.63, 3.8) is 0 Å². The number of carbonyl (C=O) groups excluding carboxylic acids is 2. The van der Waals surface area contributed by atoms with E-state index in [-0.39, 0.29) is 17.7 Å². The monoisotopic (exact) mass is 355 g/mol. The minimum Gasteiger partial charge on any atom is -0.353 e. The zero-order chi connectivity index (χ0) is 17.9. The van der Waals surface area contributed by atoms with Crippen molar-refractivity contribution in [2.75, 3.05) is 26.2 Å². The van der Waals surface area contributed by atoms with E-state index in [0.29, 0.717) is 12.1 Å². The maximum Gasteiger partial charge on any atom is 0.253 e. The normalized spacial score (nSPS) is 25.1. The molecule has 0 bridgehead atoms. The number of nitrogens with zero attached hydrogens (tertiary/aromatic N) is 2. The Morgan fingerprint density at radius 2 is 1.65 bits per heavy atom. The summed E-state index contributed by atoms with van der Waals surface area (Å²) in [5.41, 5.74) is 0.778. The molecule has 1 atom stereocenters. The van der Waals surface area contributed by atoms with E-state index in [9.17, 15) is 9.59 Å². The number of amides is 2. The number of hydrogen-bond donors (Lipinski definition) is 1. The molecule has 140 valence electrons. The molecule has 3 fully saturated rings. The largest absolute Gasteiger partial charge is 0.353 e. The maximum atomic E-state index is 12.6. The van der Waals surface area contributed by atoms with Crippen molar-refractivity contribution in [2.45, 2.75) is 50.6 Å². The Morgan fingerprint density at radius 3 is 2.35 bits per heavy atom. The number of piperidine rings is 2. The molecule has 1 N–H and O–H groups in total. The van der Waals surface area contributed by atoms with Gasteiger partial charge in [0.2, 0.25) is 5.91 Å². The van der Waals surface area contributed by atoms with Crippen LogP contribution in [0.3, 0.4) is 0 Å². The second kappa shape index (κ2) is 7.78. The average molecular weight is 355 g/mol. The van der Waals surface area contributed by atoms with E-state index in [1.54, 1.807) is 0 Å². The quantitative estimate of drug-likeness (QED) is 0.902. The lowest BCUT2D eigenvalue weighted by molar-refractivity contribution is -0.127. The first-order chi connectivity index (χ1) is 12.7. The van der Waals surface area contributed by atoms with Crippen LogP contribution in [0.5, 0.6) is 0 Å². The summed E-state index contributed by atoms with van der Waals surface area (Å²) < 4.78 is 0. The van der Waals surface area contributed by atoms with Gasteiger partial charge in [-0.1, -0.05) is 18.2 Å². The van der Waals surface area contributed by atoms with Crippen molar-refractivity contribution in [3.8, 4) is 0 Å². The van der Waals surface area contributed by atoms with Crippen molar-refractivity contribution in [2.24, 2.45) is 5.92 Å². The van der Waals surface area contributed by atoms with Gasteiger partial charge in [-0.15, -0.1) is 0 Å². The number of nitrogens with one attached hydrogen (secondary N) is 1. The summed E-state index contributed by atoms with van der Waals surface area (Å²) in [7, 11) is 0. The van der Waals surface area contributed by atoms with Crippen LogP contribution in [0.2, 0.25) is 0 Å². The molecule has 2 heterocycles. The first-order valence-corrected chi connectivity index (χ1v) is 10.1. The van der Waals surface area contributed by atoms with E-state index in [4.69, 9.17) is 0 Å². The summed E-state index contributed by atoms with van der Waals surface area (Å²) in [4.78, 5) is 29.5. The van der Waals surface area contributed by atoms with E-state index in [0.717, 1.165) is 70.3 Å². The second-order valence-corrected chi connectivity index (χ2v) is 8.01. The Labute approximate surface area is 155 Å². The zero-order valence-electron chi connectivity index (χ0n) is 15.4. The van der Waals surface area contributed by atoms with Crippen LogP contribution in [0.4, 0.5) is 0 Å². The summed E-state index contributed by atoms with van der Waals surface area (Å²) in [5.74, 6) is 0.548. The lowest BCUT2D eigenvalue weighted by atomic mass is 9.93. The van der Waals surface area contributed by atoms with Gasteiger partial charge in [0.15, 0.2) is 0 Å². The molecule has 0 radical (unpaired) electrons. The van der Waals surface area contributed by atoms with Crippen LogP contribution in [-0.2, 0) is 4.79 Å². The number of likely N-dealkylation sites (tertiary alicyclic amines) is 2. The Morgan fingerprint density at radius 1 is 0.923 bits per heavy atom. The van der Waals surface area contributed by atoms with Gasteiger partial charge in [0, 0.05) is 37.3 Å². The third-order valence-corrected chi connectivity index (χ3v) is 6.04. The first-order valence-electron chi connectivity index (χ1n) is 10.1. The number of hydrogen-bond acceptors (Lipinski definition) is 3. The van der Waals surface area contributed by atoms with Gasteiger partial charge in [-0.2, -0.15) is 0 Å². The van der Waals surface area contributed by atoms with Crippen LogP contribution < -0.4 is 5.32 Å². The Hall–Kier alpha value is -1.88. The highest BCUT2D eigenvalue weighted by Crippen LogP contribution is 2.26. The standard InChI is InChI=1S/C21H29N3O2/c25-20(22-18-8-9-18)17-7-4-12-24(15-17)19-10-13-23(14-11-19)21(26)16-5-2-1-3-6-16/h1-3,5-6,17-19H,4,7-15H2,(H,22,25)/t17-/m0/s1. The molecule has 2 amide bonds. The zero-order valence-corrected chi connectivity index (χ0v) is 15.4. The molecule has 1 aromatic carbocycles. The molecule has 4 rings (SSSR count). The predicted octanol–water partition coefficient (Wildman–Crippen LogP) is 2.28. The van der Waals surface area contributed by atoms with E-state index in [1.165, 1.54) is 0 Å². The molecule has 1 aliphatic carbocycles. The van der Waals surface area contributed by atoms with Crippen molar-refractivity contribution in [1.29, 1.82) is 0 Å². The van der Waals surface area contributed by atoms with E-state index in [1.807, 2.05) is 35.2 Å². The molecule has 2 aliphatic heterocycles. The van der Waals surface area contributed by atoms with Gasteiger partial charge in [-0.05, 0) is 57.2 Å². The summed E-state index contributed by atoms with van der Waals surface area (Å²) in [6.07, 6.45) is 6.43.